The average Bonchev–Trinajstić information content (AvgIpc) is 2.79. The predicted molar refractivity (Wildman–Crippen MR) is 85.5 cm³/mol. The Morgan fingerprint density at radius 1 is 1.30 bits per heavy atom. The summed E-state index contributed by atoms with van der Waals surface area (Å²) in [6.45, 7) is 4.06. The molecule has 112 valence electrons. The van der Waals surface area contributed by atoms with Gasteiger partial charge in [0.25, 0.3) is 0 Å². The van der Waals surface area contributed by atoms with Crippen molar-refractivity contribution in [1.29, 1.82) is 0 Å². The normalized spacial score (nSPS) is 16.4. The SMILES string of the molecule is COc1c(Br)cc(CC(C)(C)N)cc1OC1CCCC1. The lowest BCUT2D eigenvalue weighted by Gasteiger charge is -2.21. The van der Waals surface area contributed by atoms with Gasteiger partial charge in [0.1, 0.15) is 0 Å². The molecule has 4 heteroatoms. The van der Waals surface area contributed by atoms with Gasteiger partial charge < -0.3 is 15.2 Å². The van der Waals surface area contributed by atoms with Crippen LogP contribution in [-0.4, -0.2) is 18.8 Å². The van der Waals surface area contributed by atoms with Gasteiger partial charge in [-0.15, -0.1) is 0 Å². The fourth-order valence-electron chi connectivity index (χ4n) is 2.72. The second kappa shape index (κ2) is 6.35. The molecule has 0 heterocycles. The number of halogens is 1. The zero-order chi connectivity index (χ0) is 14.8. The van der Waals surface area contributed by atoms with Crippen LogP contribution in [0, 0.1) is 0 Å². The molecule has 0 bridgehead atoms. The molecule has 1 aliphatic carbocycles. The van der Waals surface area contributed by atoms with Crippen molar-refractivity contribution in [3.05, 3.63) is 22.2 Å². The van der Waals surface area contributed by atoms with Crippen LogP contribution in [-0.2, 0) is 6.42 Å². The summed E-state index contributed by atoms with van der Waals surface area (Å²) < 4.78 is 12.5. The average molecular weight is 342 g/mol. The Morgan fingerprint density at radius 3 is 2.50 bits per heavy atom. The molecule has 2 N–H and O–H groups in total. The predicted octanol–water partition coefficient (Wildman–Crippen LogP) is 4.06. The van der Waals surface area contributed by atoms with E-state index in [1.807, 2.05) is 13.8 Å². The van der Waals surface area contributed by atoms with E-state index in [-0.39, 0.29) is 5.54 Å². The van der Waals surface area contributed by atoms with Gasteiger partial charge in [-0.3, -0.25) is 0 Å². The third-order valence-electron chi connectivity index (χ3n) is 3.53. The fourth-order valence-corrected chi connectivity index (χ4v) is 3.37. The Morgan fingerprint density at radius 2 is 1.95 bits per heavy atom. The first-order chi connectivity index (χ1) is 9.39. The number of hydrogen-bond acceptors (Lipinski definition) is 3. The van der Waals surface area contributed by atoms with Crippen LogP contribution < -0.4 is 15.2 Å². The Hall–Kier alpha value is -0.740. The third kappa shape index (κ3) is 4.13. The quantitative estimate of drug-likeness (QED) is 0.878. The van der Waals surface area contributed by atoms with Crippen LogP contribution in [0.25, 0.3) is 0 Å². The molecule has 1 aliphatic rings. The van der Waals surface area contributed by atoms with Gasteiger partial charge in [0, 0.05) is 5.54 Å². The Balaban J connectivity index is 2.26. The number of ether oxygens (including phenoxy) is 2. The van der Waals surface area contributed by atoms with Gasteiger partial charge in [-0.25, -0.2) is 0 Å². The zero-order valence-corrected chi connectivity index (χ0v) is 14.1. The number of methoxy groups -OCH3 is 1. The first-order valence-corrected chi connectivity index (χ1v) is 8.00. The Kier molecular flexibility index (Phi) is 4.97. The molecule has 0 spiro atoms. The van der Waals surface area contributed by atoms with Crippen molar-refractivity contribution in [3.8, 4) is 11.5 Å². The monoisotopic (exact) mass is 341 g/mol. The Bertz CT molecular complexity index is 462. The van der Waals surface area contributed by atoms with Gasteiger partial charge in [-0.1, -0.05) is 0 Å². The highest BCUT2D eigenvalue weighted by molar-refractivity contribution is 9.10. The molecule has 0 aromatic heterocycles. The molecule has 1 aromatic rings. The van der Waals surface area contributed by atoms with Crippen LogP contribution in [0.3, 0.4) is 0 Å². The minimum Gasteiger partial charge on any atom is -0.492 e. The lowest BCUT2D eigenvalue weighted by Crippen LogP contribution is -2.34. The minimum absolute atomic E-state index is 0.237. The van der Waals surface area contributed by atoms with Gasteiger partial charge in [0.05, 0.1) is 17.7 Å². The molecule has 0 atom stereocenters. The zero-order valence-electron chi connectivity index (χ0n) is 12.5. The summed E-state index contributed by atoms with van der Waals surface area (Å²) >= 11 is 3.57. The van der Waals surface area contributed by atoms with E-state index in [0.29, 0.717) is 6.10 Å². The maximum atomic E-state index is 6.14. The van der Waals surface area contributed by atoms with Crippen LogP contribution in [0.1, 0.15) is 45.1 Å². The highest BCUT2D eigenvalue weighted by Gasteiger charge is 2.21. The minimum atomic E-state index is -0.237. The van der Waals surface area contributed by atoms with Gasteiger partial charge in [0.2, 0.25) is 0 Å². The molecule has 2 rings (SSSR count). The van der Waals surface area contributed by atoms with Crippen molar-refractivity contribution in [3.63, 3.8) is 0 Å². The molecular weight excluding hydrogens is 318 g/mol. The van der Waals surface area contributed by atoms with Crippen LogP contribution in [0.5, 0.6) is 11.5 Å². The molecule has 0 saturated heterocycles. The van der Waals surface area contributed by atoms with Crippen LogP contribution in [0.15, 0.2) is 16.6 Å². The van der Waals surface area contributed by atoms with Crippen LogP contribution in [0.4, 0.5) is 0 Å². The summed E-state index contributed by atoms with van der Waals surface area (Å²) in [6, 6.07) is 4.13. The van der Waals surface area contributed by atoms with E-state index in [9.17, 15) is 0 Å². The van der Waals surface area contributed by atoms with Crippen LogP contribution in [0.2, 0.25) is 0 Å². The number of rotatable bonds is 5. The van der Waals surface area contributed by atoms with Crippen molar-refractivity contribution in [2.24, 2.45) is 5.73 Å². The summed E-state index contributed by atoms with van der Waals surface area (Å²) in [5, 5.41) is 0. The summed E-state index contributed by atoms with van der Waals surface area (Å²) in [6.07, 6.45) is 5.89. The molecule has 3 nitrogen and oxygen atoms in total. The number of nitrogens with two attached hydrogens (primary N) is 1. The highest BCUT2D eigenvalue weighted by Crippen LogP contribution is 2.39. The van der Waals surface area contributed by atoms with E-state index >= 15 is 0 Å². The largest absolute Gasteiger partial charge is 0.492 e. The molecule has 20 heavy (non-hydrogen) atoms. The third-order valence-corrected chi connectivity index (χ3v) is 4.12. The molecule has 1 aromatic carbocycles. The van der Waals surface area contributed by atoms with E-state index < -0.39 is 0 Å². The molecule has 0 amide bonds. The summed E-state index contributed by atoms with van der Waals surface area (Å²) in [5.74, 6) is 1.60. The van der Waals surface area contributed by atoms with E-state index in [4.69, 9.17) is 15.2 Å². The van der Waals surface area contributed by atoms with E-state index in [0.717, 1.165) is 40.8 Å². The van der Waals surface area contributed by atoms with Gasteiger partial charge >= 0.3 is 0 Å². The van der Waals surface area contributed by atoms with Crippen molar-refractivity contribution < 1.29 is 9.47 Å². The highest BCUT2D eigenvalue weighted by atomic mass is 79.9. The van der Waals surface area contributed by atoms with Gasteiger partial charge in [-0.2, -0.15) is 0 Å². The first kappa shape index (κ1) is 15.6. The van der Waals surface area contributed by atoms with Crippen LogP contribution >= 0.6 is 15.9 Å². The lowest BCUT2D eigenvalue weighted by molar-refractivity contribution is 0.200. The van der Waals surface area contributed by atoms with E-state index in [1.54, 1.807) is 7.11 Å². The topological polar surface area (TPSA) is 44.5 Å². The molecule has 1 fully saturated rings. The molecular formula is C16H24BrNO2. The second-order valence-corrected chi connectivity index (χ2v) is 7.15. The second-order valence-electron chi connectivity index (χ2n) is 6.30. The maximum Gasteiger partial charge on any atom is 0.174 e. The van der Waals surface area contributed by atoms with Crippen molar-refractivity contribution >= 4 is 15.9 Å². The van der Waals surface area contributed by atoms with E-state index in [2.05, 4.69) is 28.1 Å². The number of hydrogen-bond donors (Lipinski definition) is 1. The summed E-state index contributed by atoms with van der Waals surface area (Å²) in [7, 11) is 1.67. The molecule has 0 aliphatic heterocycles. The first-order valence-electron chi connectivity index (χ1n) is 7.21. The van der Waals surface area contributed by atoms with E-state index in [1.165, 1.54) is 12.8 Å². The van der Waals surface area contributed by atoms with Gasteiger partial charge in [-0.05, 0) is 79.6 Å². The number of benzene rings is 1. The summed E-state index contributed by atoms with van der Waals surface area (Å²) in [5.41, 5.74) is 7.04. The fraction of sp³-hybridized carbons (Fsp3) is 0.625. The summed E-state index contributed by atoms with van der Waals surface area (Å²) in [4.78, 5) is 0. The molecule has 0 radical (unpaired) electrons. The van der Waals surface area contributed by atoms with Gasteiger partial charge in [0.15, 0.2) is 11.5 Å². The standard InChI is InChI=1S/C16H24BrNO2/c1-16(2,18)10-11-8-13(17)15(19-3)14(9-11)20-12-6-4-5-7-12/h8-9,12H,4-7,10,18H2,1-3H3. The maximum absolute atomic E-state index is 6.14. The molecule has 0 unspecified atom stereocenters. The lowest BCUT2D eigenvalue weighted by atomic mass is 9.96. The van der Waals surface area contributed by atoms with Crippen molar-refractivity contribution in [2.75, 3.05) is 7.11 Å². The van der Waals surface area contributed by atoms with Crippen molar-refractivity contribution in [2.45, 2.75) is 57.6 Å². The van der Waals surface area contributed by atoms with Crippen molar-refractivity contribution in [1.82, 2.24) is 0 Å². The smallest absolute Gasteiger partial charge is 0.174 e. The Labute approximate surface area is 130 Å². The molecule has 1 saturated carbocycles.